The predicted octanol–water partition coefficient (Wildman–Crippen LogP) is 2.82. The van der Waals surface area contributed by atoms with Crippen molar-refractivity contribution in [3.8, 4) is 0 Å². The lowest BCUT2D eigenvalue weighted by atomic mass is 10.2. The molecule has 2 aromatic rings. The second-order valence-electron chi connectivity index (χ2n) is 5.51. The maximum Gasteiger partial charge on any atom is 0.243 e. The molecular weight excluding hydrogens is 322 g/mol. The lowest BCUT2D eigenvalue weighted by Crippen LogP contribution is -2.27. The molecule has 0 spiro atoms. The molecule has 0 N–H and O–H groups in total. The molecule has 1 heterocycles. The van der Waals surface area contributed by atoms with Gasteiger partial charge in [0, 0.05) is 36.9 Å². The molecule has 0 unspecified atom stereocenters. The van der Waals surface area contributed by atoms with Crippen LogP contribution in [0.1, 0.15) is 22.4 Å². The molecular formula is C15H20ClN3O2S. The van der Waals surface area contributed by atoms with Crippen molar-refractivity contribution in [2.45, 2.75) is 32.2 Å². The molecule has 1 aromatic carbocycles. The van der Waals surface area contributed by atoms with E-state index in [1.165, 1.54) is 4.31 Å². The minimum atomic E-state index is -3.58. The normalized spacial score (nSPS) is 12.1. The topological polar surface area (TPSA) is 55.2 Å². The predicted molar refractivity (Wildman–Crippen MR) is 87.5 cm³/mol. The van der Waals surface area contributed by atoms with E-state index in [4.69, 9.17) is 11.6 Å². The highest BCUT2D eigenvalue weighted by molar-refractivity contribution is 7.89. The first-order chi connectivity index (χ1) is 10.1. The number of hydrogen-bond acceptors (Lipinski definition) is 3. The first-order valence-corrected chi connectivity index (χ1v) is 8.67. The Balaban J connectivity index is 2.38. The van der Waals surface area contributed by atoms with Crippen LogP contribution < -0.4 is 0 Å². The van der Waals surface area contributed by atoms with Crippen LogP contribution in [-0.4, -0.2) is 29.6 Å². The third kappa shape index (κ3) is 3.04. The lowest BCUT2D eigenvalue weighted by Gasteiger charge is -2.19. The van der Waals surface area contributed by atoms with E-state index in [2.05, 4.69) is 5.10 Å². The van der Waals surface area contributed by atoms with Crippen molar-refractivity contribution < 1.29 is 8.42 Å². The second-order valence-corrected chi connectivity index (χ2v) is 7.93. The molecule has 22 heavy (non-hydrogen) atoms. The van der Waals surface area contributed by atoms with E-state index in [1.807, 2.05) is 14.0 Å². The van der Waals surface area contributed by atoms with Gasteiger partial charge in [-0.25, -0.2) is 8.42 Å². The van der Waals surface area contributed by atoms with Gasteiger partial charge < -0.3 is 0 Å². The zero-order valence-electron chi connectivity index (χ0n) is 13.4. The highest BCUT2D eigenvalue weighted by atomic mass is 35.5. The number of rotatable bonds is 4. The number of halogens is 1. The van der Waals surface area contributed by atoms with Crippen molar-refractivity contribution in [3.05, 3.63) is 45.7 Å². The van der Waals surface area contributed by atoms with Gasteiger partial charge in [0.15, 0.2) is 0 Å². The summed E-state index contributed by atoms with van der Waals surface area (Å²) >= 11 is 6.05. The molecule has 5 nitrogen and oxygen atoms in total. The smallest absolute Gasteiger partial charge is 0.243 e. The number of sulfonamides is 1. The van der Waals surface area contributed by atoms with Crippen LogP contribution in [0.4, 0.5) is 0 Å². The first kappa shape index (κ1) is 17.0. The van der Waals surface area contributed by atoms with Crippen LogP contribution in [0.2, 0.25) is 5.02 Å². The van der Waals surface area contributed by atoms with E-state index < -0.39 is 10.0 Å². The van der Waals surface area contributed by atoms with Gasteiger partial charge in [-0.05, 0) is 44.0 Å². The van der Waals surface area contributed by atoms with E-state index in [1.54, 1.807) is 43.9 Å². The fraction of sp³-hybridized carbons (Fsp3) is 0.400. The van der Waals surface area contributed by atoms with E-state index in [9.17, 15) is 8.42 Å². The van der Waals surface area contributed by atoms with Crippen molar-refractivity contribution in [3.63, 3.8) is 0 Å². The third-order valence-corrected chi connectivity index (χ3v) is 6.23. The maximum absolute atomic E-state index is 12.8. The van der Waals surface area contributed by atoms with Gasteiger partial charge in [0.05, 0.1) is 11.1 Å². The quantitative estimate of drug-likeness (QED) is 0.859. The Morgan fingerprint density at radius 1 is 1.23 bits per heavy atom. The van der Waals surface area contributed by atoms with Crippen LogP contribution in [0.25, 0.3) is 0 Å². The molecule has 0 radical (unpaired) electrons. The van der Waals surface area contributed by atoms with Gasteiger partial charge in [-0.2, -0.15) is 9.40 Å². The van der Waals surface area contributed by atoms with Gasteiger partial charge in [-0.1, -0.05) is 11.6 Å². The number of benzene rings is 1. The van der Waals surface area contributed by atoms with E-state index in [-0.39, 0.29) is 6.54 Å². The number of aryl methyl sites for hydroxylation is 3. The van der Waals surface area contributed by atoms with Crippen molar-refractivity contribution in [1.29, 1.82) is 0 Å². The molecule has 0 bridgehead atoms. The minimum Gasteiger partial charge on any atom is -0.273 e. The largest absolute Gasteiger partial charge is 0.273 e. The monoisotopic (exact) mass is 341 g/mol. The SMILES string of the molecule is Cc1cc(S(=O)(=O)N(C)Cc2cnn(C)c2C)c(C)cc1Cl. The van der Waals surface area contributed by atoms with Crippen molar-refractivity contribution in [2.24, 2.45) is 7.05 Å². The Bertz CT molecular complexity index is 812. The summed E-state index contributed by atoms with van der Waals surface area (Å²) in [6.45, 7) is 5.75. The van der Waals surface area contributed by atoms with Crippen molar-refractivity contribution in [1.82, 2.24) is 14.1 Å². The molecule has 0 aliphatic rings. The third-order valence-electron chi connectivity index (χ3n) is 3.87. The van der Waals surface area contributed by atoms with E-state index >= 15 is 0 Å². The Labute approximate surface area is 136 Å². The fourth-order valence-electron chi connectivity index (χ4n) is 2.22. The summed E-state index contributed by atoms with van der Waals surface area (Å²) < 4.78 is 28.7. The van der Waals surface area contributed by atoms with Crippen molar-refractivity contribution in [2.75, 3.05) is 7.05 Å². The Hall–Kier alpha value is -1.37. The van der Waals surface area contributed by atoms with Gasteiger partial charge in [0.25, 0.3) is 0 Å². The standard InChI is InChI=1S/C15H20ClN3O2S/c1-10-7-15(11(2)6-14(10)16)22(20,21)18(4)9-13-8-17-19(5)12(13)3/h6-8H,9H2,1-5H3. The highest BCUT2D eigenvalue weighted by Crippen LogP contribution is 2.26. The lowest BCUT2D eigenvalue weighted by molar-refractivity contribution is 0.465. The molecule has 1 aromatic heterocycles. The molecule has 0 atom stereocenters. The molecule has 120 valence electrons. The molecule has 0 saturated carbocycles. The summed E-state index contributed by atoms with van der Waals surface area (Å²) in [5.74, 6) is 0. The Morgan fingerprint density at radius 2 is 1.86 bits per heavy atom. The first-order valence-electron chi connectivity index (χ1n) is 6.85. The molecule has 0 amide bonds. The molecule has 0 aliphatic heterocycles. The average molecular weight is 342 g/mol. The van der Waals surface area contributed by atoms with Crippen LogP contribution in [-0.2, 0) is 23.6 Å². The highest BCUT2D eigenvalue weighted by Gasteiger charge is 2.24. The summed E-state index contributed by atoms with van der Waals surface area (Å²) in [5.41, 5.74) is 3.23. The van der Waals surface area contributed by atoms with Gasteiger partial charge in [-0.15, -0.1) is 0 Å². The van der Waals surface area contributed by atoms with Gasteiger partial charge >= 0.3 is 0 Å². The molecule has 2 rings (SSSR count). The molecule has 0 aliphatic carbocycles. The number of nitrogens with zero attached hydrogens (tertiary/aromatic N) is 3. The molecule has 0 saturated heterocycles. The van der Waals surface area contributed by atoms with Crippen LogP contribution in [0.3, 0.4) is 0 Å². The maximum atomic E-state index is 12.8. The van der Waals surface area contributed by atoms with Gasteiger partial charge in [0.2, 0.25) is 10.0 Å². The van der Waals surface area contributed by atoms with Gasteiger partial charge in [-0.3, -0.25) is 4.68 Å². The summed E-state index contributed by atoms with van der Waals surface area (Å²) in [7, 11) is -0.169. The van der Waals surface area contributed by atoms with Gasteiger partial charge in [0.1, 0.15) is 0 Å². The second kappa shape index (κ2) is 6.02. The summed E-state index contributed by atoms with van der Waals surface area (Å²) in [4.78, 5) is 0.290. The van der Waals surface area contributed by atoms with Crippen LogP contribution in [0.15, 0.2) is 23.2 Å². The minimum absolute atomic E-state index is 0.281. The fourth-order valence-corrected chi connectivity index (χ4v) is 3.88. The molecule has 0 fully saturated rings. The summed E-state index contributed by atoms with van der Waals surface area (Å²) in [6.07, 6.45) is 1.70. The summed E-state index contributed by atoms with van der Waals surface area (Å²) in [6, 6.07) is 3.31. The Morgan fingerprint density at radius 3 is 2.41 bits per heavy atom. The number of aromatic nitrogens is 2. The number of hydrogen-bond donors (Lipinski definition) is 0. The zero-order valence-corrected chi connectivity index (χ0v) is 15.0. The zero-order chi connectivity index (χ0) is 16.7. The van der Waals surface area contributed by atoms with Crippen LogP contribution in [0.5, 0.6) is 0 Å². The molecule has 7 heteroatoms. The van der Waals surface area contributed by atoms with Crippen LogP contribution in [0, 0.1) is 20.8 Å². The summed E-state index contributed by atoms with van der Waals surface area (Å²) in [5, 5.41) is 4.72. The van der Waals surface area contributed by atoms with E-state index in [0.717, 1.165) is 16.8 Å². The van der Waals surface area contributed by atoms with E-state index in [0.29, 0.717) is 15.5 Å². The van der Waals surface area contributed by atoms with Crippen molar-refractivity contribution >= 4 is 21.6 Å². The average Bonchev–Trinajstić information content (AvgIpc) is 2.74. The Kier molecular flexibility index (Phi) is 4.65. The van der Waals surface area contributed by atoms with Crippen LogP contribution >= 0.6 is 11.6 Å².